The molecule has 2 aliphatic rings. The normalized spacial score (nSPS) is 23.3. The van der Waals surface area contributed by atoms with Crippen LogP contribution in [-0.2, 0) is 0 Å². The molecule has 0 amide bonds. The molecular weight excluding hydrogens is 194 g/mol. The number of hydrogen-bond donors (Lipinski definition) is 1. The first-order chi connectivity index (χ1) is 7.77. The van der Waals surface area contributed by atoms with Crippen LogP contribution in [0.1, 0.15) is 58.8 Å². The molecule has 16 heavy (non-hydrogen) atoms. The van der Waals surface area contributed by atoms with Crippen molar-refractivity contribution in [3.63, 3.8) is 0 Å². The molecule has 0 aliphatic heterocycles. The van der Waals surface area contributed by atoms with Crippen molar-refractivity contribution in [1.29, 1.82) is 0 Å². The first kappa shape index (κ1) is 12.2. The first-order valence-corrected chi connectivity index (χ1v) is 7.18. The lowest BCUT2D eigenvalue weighted by molar-refractivity contribution is 0.362. The molecule has 0 aromatic heterocycles. The van der Waals surface area contributed by atoms with Gasteiger partial charge >= 0.3 is 0 Å². The SMILES string of the molecule is CC(C)C(NCCC1=CCCCC1)C1CC1. The van der Waals surface area contributed by atoms with Crippen molar-refractivity contribution in [2.24, 2.45) is 11.8 Å². The molecule has 0 saturated heterocycles. The van der Waals surface area contributed by atoms with Gasteiger partial charge in [-0.25, -0.2) is 0 Å². The smallest absolute Gasteiger partial charge is 0.0118 e. The fraction of sp³-hybridized carbons (Fsp3) is 0.867. The maximum Gasteiger partial charge on any atom is 0.0118 e. The molecule has 0 heterocycles. The third-order valence-electron chi connectivity index (χ3n) is 4.06. The van der Waals surface area contributed by atoms with E-state index in [0.717, 1.165) is 17.9 Å². The largest absolute Gasteiger partial charge is 0.313 e. The number of allylic oxidation sites excluding steroid dienone is 1. The Bertz CT molecular complexity index is 236. The Hall–Kier alpha value is -0.300. The van der Waals surface area contributed by atoms with Crippen molar-refractivity contribution in [2.75, 3.05) is 6.54 Å². The number of hydrogen-bond acceptors (Lipinski definition) is 1. The topological polar surface area (TPSA) is 12.0 Å². The second-order valence-electron chi connectivity index (χ2n) is 5.92. The molecule has 0 spiro atoms. The summed E-state index contributed by atoms with van der Waals surface area (Å²) in [5, 5.41) is 3.79. The maximum absolute atomic E-state index is 3.79. The molecule has 0 bridgehead atoms. The van der Waals surface area contributed by atoms with Crippen molar-refractivity contribution in [2.45, 2.75) is 64.8 Å². The summed E-state index contributed by atoms with van der Waals surface area (Å²) in [6.45, 7) is 5.91. The highest BCUT2D eigenvalue weighted by Crippen LogP contribution is 2.35. The minimum atomic E-state index is 0.782. The molecule has 0 radical (unpaired) electrons. The summed E-state index contributed by atoms with van der Waals surface area (Å²) < 4.78 is 0. The molecule has 0 aromatic rings. The lowest BCUT2D eigenvalue weighted by Crippen LogP contribution is -2.36. The molecular formula is C15H27N. The van der Waals surface area contributed by atoms with Gasteiger partial charge in [0.25, 0.3) is 0 Å². The van der Waals surface area contributed by atoms with Crippen molar-refractivity contribution < 1.29 is 0 Å². The van der Waals surface area contributed by atoms with E-state index in [-0.39, 0.29) is 0 Å². The number of rotatable bonds is 6. The Labute approximate surface area is 101 Å². The monoisotopic (exact) mass is 221 g/mol. The van der Waals surface area contributed by atoms with Crippen LogP contribution >= 0.6 is 0 Å². The Morgan fingerprint density at radius 2 is 2.12 bits per heavy atom. The van der Waals surface area contributed by atoms with Crippen molar-refractivity contribution >= 4 is 0 Å². The highest BCUT2D eigenvalue weighted by molar-refractivity contribution is 5.05. The average Bonchev–Trinajstić information content (AvgIpc) is 3.09. The van der Waals surface area contributed by atoms with Gasteiger partial charge < -0.3 is 5.32 Å². The summed E-state index contributed by atoms with van der Waals surface area (Å²) >= 11 is 0. The van der Waals surface area contributed by atoms with Crippen molar-refractivity contribution in [3.05, 3.63) is 11.6 Å². The van der Waals surface area contributed by atoms with Gasteiger partial charge in [0.1, 0.15) is 0 Å². The molecule has 1 saturated carbocycles. The lowest BCUT2D eigenvalue weighted by Gasteiger charge is -2.23. The van der Waals surface area contributed by atoms with Gasteiger partial charge in [0.05, 0.1) is 0 Å². The third kappa shape index (κ3) is 3.62. The van der Waals surface area contributed by atoms with Gasteiger partial charge in [0, 0.05) is 6.04 Å². The lowest BCUT2D eigenvalue weighted by atomic mass is 9.96. The number of nitrogens with one attached hydrogen (secondary N) is 1. The molecule has 1 heteroatoms. The van der Waals surface area contributed by atoms with E-state index in [1.807, 2.05) is 0 Å². The van der Waals surface area contributed by atoms with Crippen LogP contribution in [0.4, 0.5) is 0 Å². The molecule has 92 valence electrons. The van der Waals surface area contributed by atoms with Crippen molar-refractivity contribution in [3.8, 4) is 0 Å². The van der Waals surface area contributed by atoms with Gasteiger partial charge in [0.2, 0.25) is 0 Å². The van der Waals surface area contributed by atoms with E-state index in [2.05, 4.69) is 25.2 Å². The first-order valence-electron chi connectivity index (χ1n) is 7.18. The third-order valence-corrected chi connectivity index (χ3v) is 4.06. The minimum absolute atomic E-state index is 0.782. The van der Waals surface area contributed by atoms with Crippen LogP contribution in [-0.4, -0.2) is 12.6 Å². The molecule has 2 aliphatic carbocycles. The van der Waals surface area contributed by atoms with Gasteiger partial charge in [-0.15, -0.1) is 0 Å². The van der Waals surface area contributed by atoms with E-state index in [1.165, 1.54) is 51.5 Å². The molecule has 0 aromatic carbocycles. The zero-order valence-electron chi connectivity index (χ0n) is 11.0. The van der Waals surface area contributed by atoms with Gasteiger partial charge in [-0.1, -0.05) is 25.5 Å². The highest BCUT2D eigenvalue weighted by atomic mass is 14.9. The second kappa shape index (κ2) is 5.86. The van der Waals surface area contributed by atoms with Gasteiger partial charge in [-0.2, -0.15) is 0 Å². The fourth-order valence-electron chi connectivity index (χ4n) is 2.93. The van der Waals surface area contributed by atoms with Crippen LogP contribution < -0.4 is 5.32 Å². The Kier molecular flexibility index (Phi) is 4.45. The second-order valence-corrected chi connectivity index (χ2v) is 5.92. The summed E-state index contributed by atoms with van der Waals surface area (Å²) in [7, 11) is 0. The van der Waals surface area contributed by atoms with Crippen LogP contribution in [0.5, 0.6) is 0 Å². The highest BCUT2D eigenvalue weighted by Gasteiger charge is 2.32. The average molecular weight is 221 g/mol. The standard InChI is InChI=1S/C15H27N/c1-12(2)15(14-8-9-14)16-11-10-13-6-4-3-5-7-13/h6,12,14-16H,3-5,7-11H2,1-2H3. The van der Waals surface area contributed by atoms with E-state index in [9.17, 15) is 0 Å². The predicted octanol–water partition coefficient (Wildman–Crippen LogP) is 3.90. The molecule has 2 rings (SSSR count). The molecule has 1 unspecified atom stereocenters. The maximum atomic E-state index is 3.79. The van der Waals surface area contributed by atoms with E-state index >= 15 is 0 Å². The zero-order chi connectivity index (χ0) is 11.4. The zero-order valence-corrected chi connectivity index (χ0v) is 11.0. The Balaban J connectivity index is 1.67. The minimum Gasteiger partial charge on any atom is -0.313 e. The molecule has 1 fully saturated rings. The molecule has 1 N–H and O–H groups in total. The van der Waals surface area contributed by atoms with E-state index in [4.69, 9.17) is 0 Å². The molecule has 1 nitrogen and oxygen atoms in total. The van der Waals surface area contributed by atoms with E-state index in [0.29, 0.717) is 0 Å². The van der Waals surface area contributed by atoms with Gasteiger partial charge in [-0.05, 0) is 63.3 Å². The summed E-state index contributed by atoms with van der Waals surface area (Å²) in [4.78, 5) is 0. The Morgan fingerprint density at radius 3 is 2.69 bits per heavy atom. The summed E-state index contributed by atoms with van der Waals surface area (Å²) in [6.07, 6.45) is 12.2. The van der Waals surface area contributed by atoms with E-state index in [1.54, 1.807) is 5.57 Å². The quantitative estimate of drug-likeness (QED) is 0.671. The van der Waals surface area contributed by atoms with Crippen LogP contribution in [0.15, 0.2) is 11.6 Å². The van der Waals surface area contributed by atoms with Gasteiger partial charge in [0.15, 0.2) is 0 Å². The van der Waals surface area contributed by atoms with E-state index < -0.39 is 0 Å². The predicted molar refractivity (Wildman–Crippen MR) is 70.5 cm³/mol. The van der Waals surface area contributed by atoms with Crippen LogP contribution in [0.25, 0.3) is 0 Å². The Morgan fingerprint density at radius 1 is 1.31 bits per heavy atom. The van der Waals surface area contributed by atoms with Crippen LogP contribution in [0, 0.1) is 11.8 Å². The van der Waals surface area contributed by atoms with Crippen LogP contribution in [0.3, 0.4) is 0 Å². The summed E-state index contributed by atoms with van der Waals surface area (Å²) in [5.74, 6) is 1.79. The van der Waals surface area contributed by atoms with Gasteiger partial charge in [-0.3, -0.25) is 0 Å². The van der Waals surface area contributed by atoms with Crippen molar-refractivity contribution in [1.82, 2.24) is 5.32 Å². The molecule has 1 atom stereocenters. The summed E-state index contributed by atoms with van der Waals surface area (Å²) in [6, 6.07) is 0.782. The fourth-order valence-corrected chi connectivity index (χ4v) is 2.93. The van der Waals surface area contributed by atoms with Crippen LogP contribution in [0.2, 0.25) is 0 Å². The summed E-state index contributed by atoms with van der Waals surface area (Å²) in [5.41, 5.74) is 1.71.